The molecular formula is C19H23N3O3. The second-order valence-electron chi connectivity index (χ2n) is 6.27. The van der Waals surface area contributed by atoms with Gasteiger partial charge in [0.15, 0.2) is 0 Å². The predicted molar refractivity (Wildman–Crippen MR) is 95.7 cm³/mol. The molecule has 0 aromatic heterocycles. The van der Waals surface area contributed by atoms with Crippen LogP contribution in [0.15, 0.2) is 41.5 Å². The second-order valence-corrected chi connectivity index (χ2v) is 6.27. The summed E-state index contributed by atoms with van der Waals surface area (Å²) in [6, 6.07) is 10.1. The minimum Gasteiger partial charge on any atom is -0.394 e. The molecular weight excluding hydrogens is 318 g/mol. The molecule has 25 heavy (non-hydrogen) atoms. The van der Waals surface area contributed by atoms with Crippen molar-refractivity contribution in [1.82, 2.24) is 9.91 Å². The summed E-state index contributed by atoms with van der Waals surface area (Å²) in [5.74, 6) is -0.247. The molecule has 1 aromatic rings. The summed E-state index contributed by atoms with van der Waals surface area (Å²) in [6.07, 6.45) is 6.64. The van der Waals surface area contributed by atoms with Gasteiger partial charge in [0.2, 0.25) is 5.91 Å². The Balaban J connectivity index is 1.71. The van der Waals surface area contributed by atoms with Crippen molar-refractivity contribution in [1.29, 1.82) is 0 Å². The number of hydrogen-bond donors (Lipinski definition) is 1. The molecule has 132 valence electrons. The van der Waals surface area contributed by atoms with E-state index in [0.29, 0.717) is 18.7 Å². The van der Waals surface area contributed by atoms with Crippen LogP contribution in [0.4, 0.5) is 0 Å². The topological polar surface area (TPSA) is 73.2 Å². The number of β-amino-alcohol motifs (C(OH)–C–C–N with tert-alkyl or cyclic N) is 1. The highest BCUT2D eigenvalue weighted by molar-refractivity contribution is 6.39. The first-order chi connectivity index (χ1) is 12.2. The SMILES string of the molecule is O=C1CCC(C(=O)N2CCCC2/C=C/c2ccccc2)=NN1CCO. The average Bonchev–Trinajstić information content (AvgIpc) is 3.11. The van der Waals surface area contributed by atoms with Gasteiger partial charge in [-0.15, -0.1) is 0 Å². The highest BCUT2D eigenvalue weighted by atomic mass is 16.3. The van der Waals surface area contributed by atoms with Crippen LogP contribution in [0.1, 0.15) is 31.2 Å². The third kappa shape index (κ3) is 4.14. The Morgan fingerprint density at radius 3 is 2.84 bits per heavy atom. The Bertz CT molecular complexity index is 684. The van der Waals surface area contributed by atoms with Crippen LogP contribution in [-0.2, 0) is 9.59 Å². The third-order valence-corrected chi connectivity index (χ3v) is 4.53. The lowest BCUT2D eigenvalue weighted by molar-refractivity contribution is -0.132. The first-order valence-electron chi connectivity index (χ1n) is 8.72. The molecule has 6 heteroatoms. The smallest absolute Gasteiger partial charge is 0.270 e. The van der Waals surface area contributed by atoms with Gasteiger partial charge < -0.3 is 10.0 Å². The molecule has 0 aliphatic carbocycles. The maximum Gasteiger partial charge on any atom is 0.270 e. The molecule has 2 amide bonds. The highest BCUT2D eigenvalue weighted by Crippen LogP contribution is 2.22. The normalized spacial score (nSPS) is 21.1. The van der Waals surface area contributed by atoms with Crippen LogP contribution in [0.25, 0.3) is 6.08 Å². The summed E-state index contributed by atoms with van der Waals surface area (Å²) in [4.78, 5) is 26.4. The van der Waals surface area contributed by atoms with Gasteiger partial charge in [-0.1, -0.05) is 42.5 Å². The molecule has 2 heterocycles. The lowest BCUT2D eigenvalue weighted by atomic mass is 10.1. The molecule has 1 saturated heterocycles. The Labute approximate surface area is 147 Å². The Kier molecular flexibility index (Phi) is 5.60. The van der Waals surface area contributed by atoms with Crippen molar-refractivity contribution in [2.75, 3.05) is 19.7 Å². The summed E-state index contributed by atoms with van der Waals surface area (Å²) in [5.41, 5.74) is 1.52. The fourth-order valence-electron chi connectivity index (χ4n) is 3.22. The van der Waals surface area contributed by atoms with Gasteiger partial charge in [-0.25, -0.2) is 5.01 Å². The van der Waals surface area contributed by atoms with Gasteiger partial charge in [-0.05, 0) is 18.4 Å². The molecule has 0 spiro atoms. The summed E-state index contributed by atoms with van der Waals surface area (Å²) >= 11 is 0. The van der Waals surface area contributed by atoms with Crippen LogP contribution in [0.5, 0.6) is 0 Å². The molecule has 6 nitrogen and oxygen atoms in total. The lowest BCUT2D eigenvalue weighted by Gasteiger charge is -2.27. The van der Waals surface area contributed by atoms with Gasteiger partial charge in [-0.3, -0.25) is 9.59 Å². The average molecular weight is 341 g/mol. The van der Waals surface area contributed by atoms with Gasteiger partial charge in [0.25, 0.3) is 5.91 Å². The van der Waals surface area contributed by atoms with Crippen molar-refractivity contribution >= 4 is 23.6 Å². The van der Waals surface area contributed by atoms with E-state index in [1.807, 2.05) is 41.3 Å². The number of rotatable bonds is 5. The molecule has 0 saturated carbocycles. The van der Waals surface area contributed by atoms with Crippen molar-refractivity contribution < 1.29 is 14.7 Å². The molecule has 1 unspecified atom stereocenters. The summed E-state index contributed by atoms with van der Waals surface area (Å²) in [6.45, 7) is 0.672. The van der Waals surface area contributed by atoms with E-state index in [9.17, 15) is 9.59 Å². The van der Waals surface area contributed by atoms with Gasteiger partial charge >= 0.3 is 0 Å². The zero-order chi connectivity index (χ0) is 17.6. The molecule has 3 rings (SSSR count). The van der Waals surface area contributed by atoms with Crippen LogP contribution in [0, 0.1) is 0 Å². The van der Waals surface area contributed by atoms with Gasteiger partial charge in [0.1, 0.15) is 5.71 Å². The lowest BCUT2D eigenvalue weighted by Crippen LogP contribution is -2.43. The molecule has 1 fully saturated rings. The molecule has 2 aliphatic heterocycles. The zero-order valence-electron chi connectivity index (χ0n) is 14.2. The van der Waals surface area contributed by atoms with E-state index in [4.69, 9.17) is 5.11 Å². The Hall–Kier alpha value is -2.47. The zero-order valence-corrected chi connectivity index (χ0v) is 14.2. The quantitative estimate of drug-likeness (QED) is 0.885. The number of aliphatic hydroxyl groups is 1. The second kappa shape index (κ2) is 8.07. The number of nitrogens with zero attached hydrogens (tertiary/aromatic N) is 3. The number of carbonyl (C=O) groups excluding carboxylic acids is 2. The predicted octanol–water partition coefficient (Wildman–Crippen LogP) is 1.66. The number of likely N-dealkylation sites (tertiary alicyclic amines) is 1. The fourth-order valence-corrected chi connectivity index (χ4v) is 3.22. The molecule has 0 radical (unpaired) electrons. The van der Waals surface area contributed by atoms with E-state index >= 15 is 0 Å². The minimum absolute atomic E-state index is 0.0549. The summed E-state index contributed by atoms with van der Waals surface area (Å²) in [7, 11) is 0. The molecule has 1 N–H and O–H groups in total. The standard InChI is InChI=1S/C19H23N3O3/c23-14-13-22-18(24)11-10-17(20-22)19(25)21-12-4-7-16(21)9-8-15-5-2-1-3-6-15/h1-3,5-6,8-9,16,23H,4,7,10-14H2/b9-8+. The first-order valence-corrected chi connectivity index (χ1v) is 8.72. The highest BCUT2D eigenvalue weighted by Gasteiger charge is 2.32. The van der Waals surface area contributed by atoms with Crippen molar-refractivity contribution in [3.63, 3.8) is 0 Å². The van der Waals surface area contributed by atoms with Gasteiger partial charge in [0.05, 0.1) is 19.2 Å². The third-order valence-electron chi connectivity index (χ3n) is 4.53. The van der Waals surface area contributed by atoms with Gasteiger partial charge in [-0.2, -0.15) is 5.10 Å². The largest absolute Gasteiger partial charge is 0.394 e. The van der Waals surface area contributed by atoms with E-state index in [-0.39, 0.29) is 37.4 Å². The van der Waals surface area contributed by atoms with Crippen LogP contribution >= 0.6 is 0 Å². The maximum atomic E-state index is 12.8. The first kappa shape index (κ1) is 17.4. The number of hydrazone groups is 1. The van der Waals surface area contributed by atoms with E-state index in [0.717, 1.165) is 18.4 Å². The molecule has 1 aromatic carbocycles. The number of hydrogen-bond acceptors (Lipinski definition) is 4. The Morgan fingerprint density at radius 2 is 2.08 bits per heavy atom. The van der Waals surface area contributed by atoms with E-state index < -0.39 is 0 Å². The minimum atomic E-state index is -0.164. The van der Waals surface area contributed by atoms with Crippen LogP contribution in [0.2, 0.25) is 0 Å². The summed E-state index contributed by atoms with van der Waals surface area (Å²) in [5, 5.41) is 14.4. The van der Waals surface area contributed by atoms with Crippen LogP contribution in [0.3, 0.4) is 0 Å². The van der Waals surface area contributed by atoms with E-state index in [1.165, 1.54) is 5.01 Å². The maximum absolute atomic E-state index is 12.8. The Morgan fingerprint density at radius 1 is 1.28 bits per heavy atom. The fraction of sp³-hybridized carbons (Fsp3) is 0.421. The van der Waals surface area contributed by atoms with Crippen molar-refractivity contribution in [2.45, 2.75) is 31.7 Å². The monoisotopic (exact) mass is 341 g/mol. The molecule has 0 bridgehead atoms. The van der Waals surface area contributed by atoms with Crippen molar-refractivity contribution in [2.24, 2.45) is 5.10 Å². The van der Waals surface area contributed by atoms with Crippen molar-refractivity contribution in [3.8, 4) is 0 Å². The van der Waals surface area contributed by atoms with E-state index in [2.05, 4.69) is 11.2 Å². The number of aliphatic hydroxyl groups excluding tert-OH is 1. The van der Waals surface area contributed by atoms with Crippen molar-refractivity contribution in [3.05, 3.63) is 42.0 Å². The van der Waals surface area contributed by atoms with Gasteiger partial charge in [0, 0.05) is 19.4 Å². The molecule has 1 atom stereocenters. The van der Waals surface area contributed by atoms with E-state index in [1.54, 1.807) is 0 Å². The molecule has 2 aliphatic rings. The number of carbonyl (C=O) groups is 2. The summed E-state index contributed by atoms with van der Waals surface area (Å²) < 4.78 is 0. The van der Waals surface area contributed by atoms with Crippen LogP contribution in [-0.4, -0.2) is 58.3 Å². The number of amides is 2. The number of benzene rings is 1. The van der Waals surface area contributed by atoms with Crippen LogP contribution < -0.4 is 0 Å².